The van der Waals surface area contributed by atoms with Crippen molar-refractivity contribution in [3.05, 3.63) is 41.6 Å². The molecular weight excluding hydrogens is 340 g/mol. The monoisotopic (exact) mass is 361 g/mol. The minimum Gasteiger partial charge on any atom is -0.343 e. The number of fused-ring (bicyclic) bond motifs is 1. The Morgan fingerprint density at radius 3 is 2.73 bits per heavy atom. The summed E-state index contributed by atoms with van der Waals surface area (Å²) in [5.74, 6) is -3.46. The normalized spacial score (nSPS) is 16.3. The van der Waals surface area contributed by atoms with E-state index in [1.165, 1.54) is 6.20 Å². The lowest BCUT2D eigenvalue weighted by Gasteiger charge is -2.16. The number of amides is 2. The van der Waals surface area contributed by atoms with Crippen LogP contribution in [0.4, 0.5) is 8.78 Å². The van der Waals surface area contributed by atoms with Crippen LogP contribution >= 0.6 is 0 Å². The molecule has 138 valence electrons. The van der Waals surface area contributed by atoms with Crippen LogP contribution in [0.1, 0.15) is 42.1 Å². The first-order valence-electron chi connectivity index (χ1n) is 8.59. The summed E-state index contributed by atoms with van der Waals surface area (Å²) in [5, 5.41) is 3.25. The van der Waals surface area contributed by atoms with Gasteiger partial charge in [0.15, 0.2) is 0 Å². The average molecular weight is 361 g/mol. The zero-order chi connectivity index (χ0) is 18.9. The number of benzene rings is 1. The second-order valence-corrected chi connectivity index (χ2v) is 6.89. The van der Waals surface area contributed by atoms with Crippen molar-refractivity contribution in [2.45, 2.75) is 32.1 Å². The Hall–Kier alpha value is -2.57. The highest BCUT2D eigenvalue weighted by Crippen LogP contribution is 2.26. The van der Waals surface area contributed by atoms with Gasteiger partial charge in [-0.2, -0.15) is 0 Å². The number of nitrogens with one attached hydrogen (secondary N) is 1. The SMILES string of the molecule is CC(C)c1ccc2nccc(C(=O)NCC(=O)N3CCC(F)(F)C3)c2c1. The Morgan fingerprint density at radius 1 is 1.31 bits per heavy atom. The van der Waals surface area contributed by atoms with Crippen molar-refractivity contribution >= 4 is 22.7 Å². The molecule has 26 heavy (non-hydrogen) atoms. The molecule has 0 aliphatic carbocycles. The molecule has 1 aliphatic heterocycles. The van der Waals surface area contributed by atoms with E-state index in [1.54, 1.807) is 6.07 Å². The summed E-state index contributed by atoms with van der Waals surface area (Å²) >= 11 is 0. The Bertz CT molecular complexity index is 852. The van der Waals surface area contributed by atoms with Crippen LogP contribution in [-0.2, 0) is 4.79 Å². The first kappa shape index (κ1) is 18.2. The number of carbonyl (C=O) groups excluding carboxylic acids is 2. The Morgan fingerprint density at radius 2 is 2.08 bits per heavy atom. The van der Waals surface area contributed by atoms with Crippen LogP contribution < -0.4 is 5.32 Å². The summed E-state index contributed by atoms with van der Waals surface area (Å²) in [5.41, 5.74) is 2.18. The fraction of sp³-hybridized carbons (Fsp3) is 0.421. The van der Waals surface area contributed by atoms with Crippen LogP contribution in [0.5, 0.6) is 0 Å². The molecule has 0 saturated carbocycles. The third-order valence-electron chi connectivity index (χ3n) is 4.60. The molecule has 0 unspecified atom stereocenters. The number of hydrogen-bond donors (Lipinski definition) is 1. The molecule has 2 heterocycles. The lowest BCUT2D eigenvalue weighted by atomic mass is 9.99. The third-order valence-corrected chi connectivity index (χ3v) is 4.60. The van der Waals surface area contributed by atoms with Gasteiger partial charge in [0.1, 0.15) is 0 Å². The Kier molecular flexibility index (Phi) is 4.89. The van der Waals surface area contributed by atoms with Crippen molar-refractivity contribution < 1.29 is 18.4 Å². The predicted molar refractivity (Wildman–Crippen MR) is 94.3 cm³/mol. The number of aromatic nitrogens is 1. The van der Waals surface area contributed by atoms with Crippen LogP contribution in [0.2, 0.25) is 0 Å². The van der Waals surface area contributed by atoms with E-state index in [-0.39, 0.29) is 19.5 Å². The average Bonchev–Trinajstić information content (AvgIpc) is 2.98. The van der Waals surface area contributed by atoms with E-state index in [9.17, 15) is 18.4 Å². The molecule has 3 rings (SSSR count). The van der Waals surface area contributed by atoms with Gasteiger partial charge in [-0.3, -0.25) is 14.6 Å². The summed E-state index contributed by atoms with van der Waals surface area (Å²) < 4.78 is 26.4. The smallest absolute Gasteiger partial charge is 0.267 e. The maximum absolute atomic E-state index is 13.2. The Balaban J connectivity index is 1.73. The molecular formula is C19H21F2N3O2. The van der Waals surface area contributed by atoms with E-state index in [0.29, 0.717) is 22.4 Å². The second-order valence-electron chi connectivity index (χ2n) is 6.89. The van der Waals surface area contributed by atoms with Gasteiger partial charge in [-0.15, -0.1) is 0 Å². The molecule has 5 nitrogen and oxygen atoms in total. The number of hydrogen-bond acceptors (Lipinski definition) is 3. The van der Waals surface area contributed by atoms with Crippen molar-refractivity contribution in [1.29, 1.82) is 0 Å². The number of pyridine rings is 1. The van der Waals surface area contributed by atoms with E-state index < -0.39 is 24.3 Å². The lowest BCUT2D eigenvalue weighted by molar-refractivity contribution is -0.130. The van der Waals surface area contributed by atoms with Gasteiger partial charge in [-0.25, -0.2) is 8.78 Å². The molecule has 1 fully saturated rings. The van der Waals surface area contributed by atoms with Gasteiger partial charge >= 0.3 is 0 Å². The van der Waals surface area contributed by atoms with Gasteiger partial charge in [-0.1, -0.05) is 19.9 Å². The van der Waals surface area contributed by atoms with E-state index in [0.717, 1.165) is 10.5 Å². The quantitative estimate of drug-likeness (QED) is 0.911. The van der Waals surface area contributed by atoms with E-state index in [1.807, 2.05) is 18.2 Å². The summed E-state index contributed by atoms with van der Waals surface area (Å²) in [4.78, 5) is 29.9. The van der Waals surface area contributed by atoms with Gasteiger partial charge in [0.2, 0.25) is 5.91 Å². The lowest BCUT2D eigenvalue weighted by Crippen LogP contribution is -2.40. The van der Waals surface area contributed by atoms with Gasteiger partial charge in [-0.05, 0) is 29.7 Å². The van der Waals surface area contributed by atoms with Gasteiger partial charge in [0, 0.05) is 24.5 Å². The molecule has 2 aromatic rings. The predicted octanol–water partition coefficient (Wildman–Crippen LogP) is 2.96. The van der Waals surface area contributed by atoms with Gasteiger partial charge in [0.25, 0.3) is 11.8 Å². The van der Waals surface area contributed by atoms with Crippen molar-refractivity contribution in [2.24, 2.45) is 0 Å². The fourth-order valence-electron chi connectivity index (χ4n) is 3.03. The standard InChI is InChI=1S/C19H21F2N3O2/c1-12(2)13-3-4-16-15(9-13)14(5-7-22-16)18(26)23-10-17(25)24-8-6-19(20,21)11-24/h3-5,7,9,12H,6,8,10-11H2,1-2H3,(H,23,26). The number of likely N-dealkylation sites (tertiary alicyclic amines) is 1. The largest absolute Gasteiger partial charge is 0.343 e. The number of halogens is 2. The van der Waals surface area contributed by atoms with Crippen molar-refractivity contribution in [3.63, 3.8) is 0 Å². The molecule has 0 bridgehead atoms. The summed E-state index contributed by atoms with van der Waals surface area (Å²) in [7, 11) is 0. The molecule has 0 radical (unpaired) electrons. The topological polar surface area (TPSA) is 62.3 Å². The summed E-state index contributed by atoms with van der Waals surface area (Å²) in [6.45, 7) is 3.24. The van der Waals surface area contributed by atoms with Crippen LogP contribution in [0.25, 0.3) is 10.9 Å². The highest BCUT2D eigenvalue weighted by molar-refractivity contribution is 6.07. The molecule has 0 spiro atoms. The fourth-order valence-corrected chi connectivity index (χ4v) is 3.03. The van der Waals surface area contributed by atoms with Gasteiger partial charge in [0.05, 0.1) is 24.2 Å². The highest BCUT2D eigenvalue weighted by atomic mass is 19.3. The summed E-state index contributed by atoms with van der Waals surface area (Å²) in [6, 6.07) is 7.35. The number of alkyl halides is 2. The van der Waals surface area contributed by atoms with E-state index in [4.69, 9.17) is 0 Å². The molecule has 2 amide bonds. The second kappa shape index (κ2) is 6.97. The minimum absolute atomic E-state index is 0.0115. The van der Waals surface area contributed by atoms with Crippen LogP contribution in [0, 0.1) is 0 Å². The Labute approximate surface area is 150 Å². The third kappa shape index (κ3) is 3.81. The van der Waals surface area contributed by atoms with E-state index in [2.05, 4.69) is 24.1 Å². The molecule has 1 aliphatic rings. The van der Waals surface area contributed by atoms with Crippen LogP contribution in [-0.4, -0.2) is 47.3 Å². The first-order chi connectivity index (χ1) is 12.3. The number of nitrogens with zero attached hydrogens (tertiary/aromatic N) is 2. The summed E-state index contributed by atoms with van der Waals surface area (Å²) in [6.07, 6.45) is 1.20. The minimum atomic E-state index is -2.84. The zero-order valence-corrected chi connectivity index (χ0v) is 14.8. The van der Waals surface area contributed by atoms with Crippen molar-refractivity contribution in [2.75, 3.05) is 19.6 Å². The number of carbonyl (C=O) groups is 2. The first-order valence-corrected chi connectivity index (χ1v) is 8.59. The number of rotatable bonds is 4. The van der Waals surface area contributed by atoms with Crippen molar-refractivity contribution in [3.8, 4) is 0 Å². The van der Waals surface area contributed by atoms with E-state index >= 15 is 0 Å². The molecule has 0 atom stereocenters. The molecule has 7 heteroatoms. The highest BCUT2D eigenvalue weighted by Gasteiger charge is 2.40. The van der Waals surface area contributed by atoms with Gasteiger partial charge < -0.3 is 10.2 Å². The molecule has 1 aromatic heterocycles. The maximum atomic E-state index is 13.2. The maximum Gasteiger partial charge on any atom is 0.267 e. The molecule has 1 saturated heterocycles. The molecule has 1 N–H and O–H groups in total. The van der Waals surface area contributed by atoms with Crippen molar-refractivity contribution in [1.82, 2.24) is 15.2 Å². The zero-order valence-electron chi connectivity index (χ0n) is 14.8. The van der Waals surface area contributed by atoms with Crippen LogP contribution in [0.3, 0.4) is 0 Å². The molecule has 1 aromatic carbocycles. The van der Waals surface area contributed by atoms with Crippen LogP contribution in [0.15, 0.2) is 30.5 Å².